The minimum atomic E-state index is -0.246. The highest BCUT2D eigenvalue weighted by Crippen LogP contribution is 2.15. The zero-order chi connectivity index (χ0) is 17.2. The second-order valence-corrected chi connectivity index (χ2v) is 5.77. The van der Waals surface area contributed by atoms with Crippen molar-refractivity contribution in [2.24, 2.45) is 0 Å². The van der Waals surface area contributed by atoms with E-state index < -0.39 is 0 Å². The van der Waals surface area contributed by atoms with Gasteiger partial charge in [0.1, 0.15) is 10.5 Å². The summed E-state index contributed by atoms with van der Waals surface area (Å²) in [6.45, 7) is 0.456. The molecule has 7 nitrogen and oxygen atoms in total. The number of fused-ring (bicyclic) bond motifs is 1. The molecule has 0 unspecified atom stereocenters. The summed E-state index contributed by atoms with van der Waals surface area (Å²) in [5, 5.41) is 8.23. The van der Waals surface area contributed by atoms with Crippen LogP contribution in [0.1, 0.15) is 5.56 Å². The van der Waals surface area contributed by atoms with Gasteiger partial charge in [-0.05, 0) is 23.8 Å². The first kappa shape index (κ1) is 15.3. The molecule has 0 bridgehead atoms. The molecule has 0 atom stereocenters. The van der Waals surface area contributed by atoms with Crippen LogP contribution >= 0.6 is 11.6 Å². The third-order valence-electron chi connectivity index (χ3n) is 3.69. The Kier molecular flexibility index (Phi) is 3.91. The SMILES string of the molecule is O=c1[nH]c(NCc2ccc(Cl)nc2)nc2c1cnn2-c1ccccc1. The maximum atomic E-state index is 12.3. The number of hydrogen-bond donors (Lipinski definition) is 2. The van der Waals surface area contributed by atoms with E-state index in [9.17, 15) is 4.79 Å². The Morgan fingerprint density at radius 3 is 2.72 bits per heavy atom. The molecule has 4 aromatic rings. The molecular formula is C17H13ClN6O. The van der Waals surface area contributed by atoms with Gasteiger partial charge in [-0.3, -0.25) is 9.78 Å². The second kappa shape index (κ2) is 6.37. The number of aromatic nitrogens is 5. The van der Waals surface area contributed by atoms with Gasteiger partial charge in [-0.25, -0.2) is 9.67 Å². The number of benzene rings is 1. The molecule has 8 heteroatoms. The first-order chi connectivity index (χ1) is 12.2. The van der Waals surface area contributed by atoms with E-state index in [4.69, 9.17) is 11.6 Å². The summed E-state index contributed by atoms with van der Waals surface area (Å²) in [6.07, 6.45) is 3.18. The molecule has 3 aromatic heterocycles. The third kappa shape index (κ3) is 3.09. The Balaban J connectivity index is 1.68. The molecule has 0 saturated heterocycles. The number of anilines is 1. The molecule has 0 fully saturated rings. The van der Waals surface area contributed by atoms with Gasteiger partial charge in [0.2, 0.25) is 5.95 Å². The van der Waals surface area contributed by atoms with E-state index in [-0.39, 0.29) is 5.56 Å². The van der Waals surface area contributed by atoms with E-state index in [2.05, 4.69) is 25.4 Å². The number of rotatable bonds is 4. The van der Waals surface area contributed by atoms with Crippen LogP contribution < -0.4 is 10.9 Å². The summed E-state index contributed by atoms with van der Waals surface area (Å²) >= 11 is 5.78. The van der Waals surface area contributed by atoms with Crippen LogP contribution in [-0.2, 0) is 6.54 Å². The molecule has 0 radical (unpaired) electrons. The van der Waals surface area contributed by atoms with E-state index >= 15 is 0 Å². The molecule has 0 aliphatic carbocycles. The third-order valence-corrected chi connectivity index (χ3v) is 3.91. The van der Waals surface area contributed by atoms with Crippen LogP contribution in [0.5, 0.6) is 0 Å². The molecule has 25 heavy (non-hydrogen) atoms. The average Bonchev–Trinajstić information content (AvgIpc) is 3.06. The maximum Gasteiger partial charge on any atom is 0.263 e. The molecule has 4 rings (SSSR count). The van der Waals surface area contributed by atoms with Crippen molar-refractivity contribution in [2.45, 2.75) is 6.54 Å². The molecule has 0 aliphatic heterocycles. The molecule has 3 heterocycles. The number of aromatic amines is 1. The van der Waals surface area contributed by atoms with Crippen LogP contribution in [-0.4, -0.2) is 24.7 Å². The predicted octanol–water partition coefficient (Wildman–Crippen LogP) is 2.77. The lowest BCUT2D eigenvalue weighted by Gasteiger charge is -2.07. The van der Waals surface area contributed by atoms with Gasteiger partial charge in [-0.1, -0.05) is 35.9 Å². The first-order valence-electron chi connectivity index (χ1n) is 7.58. The number of hydrogen-bond acceptors (Lipinski definition) is 5. The summed E-state index contributed by atoms with van der Waals surface area (Å²) in [6, 6.07) is 13.1. The highest BCUT2D eigenvalue weighted by molar-refractivity contribution is 6.29. The Hall–Kier alpha value is -3.19. The molecular weight excluding hydrogens is 340 g/mol. The summed E-state index contributed by atoms with van der Waals surface area (Å²) in [5.74, 6) is 0.366. The lowest BCUT2D eigenvalue weighted by atomic mass is 10.3. The highest BCUT2D eigenvalue weighted by atomic mass is 35.5. The van der Waals surface area contributed by atoms with E-state index in [1.807, 2.05) is 36.4 Å². The topological polar surface area (TPSA) is 88.5 Å². The average molecular weight is 353 g/mol. The van der Waals surface area contributed by atoms with Crippen molar-refractivity contribution in [1.29, 1.82) is 0 Å². The normalized spacial score (nSPS) is 10.9. The summed E-state index contributed by atoms with van der Waals surface area (Å²) < 4.78 is 1.64. The fraction of sp³-hybridized carbons (Fsp3) is 0.0588. The van der Waals surface area contributed by atoms with Gasteiger partial charge in [0.05, 0.1) is 11.9 Å². The Labute approximate surface area is 147 Å². The highest BCUT2D eigenvalue weighted by Gasteiger charge is 2.11. The molecule has 0 amide bonds. The number of H-pyrrole nitrogens is 1. The van der Waals surface area contributed by atoms with Crippen molar-refractivity contribution in [3.05, 3.63) is 75.9 Å². The van der Waals surface area contributed by atoms with Crippen LogP contribution in [0.25, 0.3) is 16.7 Å². The zero-order valence-corrected chi connectivity index (χ0v) is 13.7. The van der Waals surface area contributed by atoms with Crippen molar-refractivity contribution in [3.63, 3.8) is 0 Å². The standard InChI is InChI=1S/C17H13ClN6O/c18-14-7-6-11(8-19-14)9-20-17-22-15-13(16(25)23-17)10-21-24(15)12-4-2-1-3-5-12/h1-8,10H,9H2,(H2,20,22,23,25). The van der Waals surface area contributed by atoms with Gasteiger partial charge in [0.15, 0.2) is 5.65 Å². The summed E-state index contributed by atoms with van der Waals surface area (Å²) in [5.41, 5.74) is 2.00. The van der Waals surface area contributed by atoms with Crippen LogP contribution in [0.2, 0.25) is 5.15 Å². The minimum absolute atomic E-state index is 0.246. The number of nitrogens with zero attached hydrogens (tertiary/aromatic N) is 4. The fourth-order valence-electron chi connectivity index (χ4n) is 2.46. The molecule has 0 spiro atoms. The molecule has 1 aromatic carbocycles. The Morgan fingerprint density at radius 1 is 1.12 bits per heavy atom. The van der Waals surface area contributed by atoms with Crippen molar-refractivity contribution in [2.75, 3.05) is 5.32 Å². The van der Waals surface area contributed by atoms with Crippen LogP contribution in [0.3, 0.4) is 0 Å². The first-order valence-corrected chi connectivity index (χ1v) is 7.96. The van der Waals surface area contributed by atoms with E-state index in [0.717, 1.165) is 11.3 Å². The van der Waals surface area contributed by atoms with Crippen molar-refractivity contribution in [1.82, 2.24) is 24.7 Å². The maximum absolute atomic E-state index is 12.3. The minimum Gasteiger partial charge on any atom is -0.352 e. The lowest BCUT2D eigenvalue weighted by molar-refractivity contribution is 0.893. The summed E-state index contributed by atoms with van der Waals surface area (Å²) in [7, 11) is 0. The Morgan fingerprint density at radius 2 is 1.96 bits per heavy atom. The molecule has 0 saturated carbocycles. The van der Waals surface area contributed by atoms with Gasteiger partial charge in [-0.2, -0.15) is 10.1 Å². The molecule has 2 N–H and O–H groups in total. The van der Waals surface area contributed by atoms with Gasteiger partial charge in [0, 0.05) is 12.7 Å². The number of halogens is 1. The van der Waals surface area contributed by atoms with Crippen molar-refractivity contribution in [3.8, 4) is 5.69 Å². The van der Waals surface area contributed by atoms with Gasteiger partial charge in [0.25, 0.3) is 5.56 Å². The largest absolute Gasteiger partial charge is 0.352 e. The quantitative estimate of drug-likeness (QED) is 0.551. The van der Waals surface area contributed by atoms with E-state index in [1.165, 1.54) is 6.20 Å². The molecule has 0 aliphatic rings. The Bertz CT molecular complexity index is 1070. The second-order valence-electron chi connectivity index (χ2n) is 5.39. The van der Waals surface area contributed by atoms with Crippen molar-refractivity contribution >= 4 is 28.6 Å². The van der Waals surface area contributed by atoms with Crippen LogP contribution in [0.15, 0.2) is 59.7 Å². The fourth-order valence-corrected chi connectivity index (χ4v) is 2.57. The zero-order valence-electron chi connectivity index (χ0n) is 13.0. The van der Waals surface area contributed by atoms with Crippen LogP contribution in [0.4, 0.5) is 5.95 Å². The van der Waals surface area contributed by atoms with Crippen molar-refractivity contribution < 1.29 is 0 Å². The van der Waals surface area contributed by atoms with Gasteiger partial charge in [-0.15, -0.1) is 0 Å². The number of pyridine rings is 1. The number of para-hydroxylation sites is 1. The predicted molar refractivity (Wildman–Crippen MR) is 96.1 cm³/mol. The monoisotopic (exact) mass is 352 g/mol. The van der Waals surface area contributed by atoms with Gasteiger partial charge >= 0.3 is 0 Å². The molecule has 124 valence electrons. The lowest BCUT2D eigenvalue weighted by Crippen LogP contribution is -2.13. The van der Waals surface area contributed by atoms with E-state index in [0.29, 0.717) is 28.7 Å². The number of nitrogens with one attached hydrogen (secondary N) is 2. The summed E-state index contributed by atoms with van der Waals surface area (Å²) in [4.78, 5) is 23.5. The van der Waals surface area contributed by atoms with Crippen LogP contribution in [0, 0.1) is 0 Å². The van der Waals surface area contributed by atoms with Gasteiger partial charge < -0.3 is 5.32 Å². The van der Waals surface area contributed by atoms with E-state index in [1.54, 1.807) is 16.9 Å². The smallest absolute Gasteiger partial charge is 0.263 e.